The Balaban J connectivity index is 1.93. The van der Waals surface area contributed by atoms with Crippen LogP contribution in [0, 0.1) is 6.92 Å². The van der Waals surface area contributed by atoms with Crippen LogP contribution in [0.25, 0.3) is 0 Å². The van der Waals surface area contributed by atoms with Gasteiger partial charge in [-0.25, -0.2) is 0 Å². The Kier molecular flexibility index (Phi) is 5.35. The molecule has 26 heavy (non-hydrogen) atoms. The van der Waals surface area contributed by atoms with Crippen LogP contribution in [0.1, 0.15) is 30.0 Å². The first kappa shape index (κ1) is 18.1. The van der Waals surface area contributed by atoms with Gasteiger partial charge in [-0.3, -0.25) is 4.79 Å². The van der Waals surface area contributed by atoms with E-state index in [1.165, 1.54) is 16.8 Å². The zero-order valence-electron chi connectivity index (χ0n) is 15.9. The lowest BCUT2D eigenvalue weighted by Gasteiger charge is -2.33. The fourth-order valence-electron chi connectivity index (χ4n) is 3.67. The number of carbonyl (C=O) groups is 1. The van der Waals surface area contributed by atoms with Gasteiger partial charge in [-0.15, -0.1) is 0 Å². The molecule has 0 saturated heterocycles. The molecular formula is C21H26N2O3. The Morgan fingerprint density at radius 3 is 2.69 bits per heavy atom. The molecule has 0 aromatic heterocycles. The van der Waals surface area contributed by atoms with Crippen molar-refractivity contribution in [3.63, 3.8) is 0 Å². The quantitative estimate of drug-likeness (QED) is 0.884. The number of carbonyl (C=O) groups excluding carboxylic acids is 1. The fourth-order valence-corrected chi connectivity index (χ4v) is 3.67. The number of ether oxygens (including phenoxy) is 2. The summed E-state index contributed by atoms with van der Waals surface area (Å²) in [6.45, 7) is 5.40. The second kappa shape index (κ2) is 7.68. The number of amides is 1. The SMILES string of the molecule is COc1ccc(CN2CCCc3c(NC(C)=O)cccc32)c(C)c1OC. The fraction of sp³-hybridized carbons (Fsp3) is 0.381. The van der Waals surface area contributed by atoms with E-state index in [9.17, 15) is 4.79 Å². The number of hydrogen-bond acceptors (Lipinski definition) is 4. The van der Waals surface area contributed by atoms with Gasteiger partial charge in [-0.1, -0.05) is 12.1 Å². The summed E-state index contributed by atoms with van der Waals surface area (Å²) in [7, 11) is 3.33. The summed E-state index contributed by atoms with van der Waals surface area (Å²) in [5.41, 5.74) is 5.63. The highest BCUT2D eigenvalue weighted by atomic mass is 16.5. The standard InChI is InChI=1S/C21H26N2O3/c1-14-16(10-11-20(25-3)21(14)26-4)13-23-12-6-7-17-18(22-15(2)24)8-5-9-19(17)23/h5,8-11H,6-7,12-13H2,1-4H3,(H,22,24). The maximum atomic E-state index is 11.5. The summed E-state index contributed by atoms with van der Waals surface area (Å²) in [6.07, 6.45) is 2.04. The van der Waals surface area contributed by atoms with Crippen LogP contribution in [0.4, 0.5) is 11.4 Å². The van der Waals surface area contributed by atoms with Gasteiger partial charge < -0.3 is 19.7 Å². The van der Waals surface area contributed by atoms with E-state index in [2.05, 4.69) is 29.3 Å². The van der Waals surface area contributed by atoms with Crippen LogP contribution in [0.15, 0.2) is 30.3 Å². The van der Waals surface area contributed by atoms with Gasteiger partial charge in [0, 0.05) is 31.4 Å². The van der Waals surface area contributed by atoms with Crippen molar-refractivity contribution in [3.05, 3.63) is 47.0 Å². The van der Waals surface area contributed by atoms with Gasteiger partial charge in [0.1, 0.15) is 0 Å². The maximum Gasteiger partial charge on any atom is 0.221 e. The topological polar surface area (TPSA) is 50.8 Å². The normalized spacial score (nSPS) is 13.2. The molecule has 5 nitrogen and oxygen atoms in total. The number of methoxy groups -OCH3 is 2. The molecule has 2 aromatic rings. The summed E-state index contributed by atoms with van der Waals surface area (Å²) in [4.78, 5) is 13.9. The predicted octanol–water partition coefficient (Wildman–Crippen LogP) is 3.92. The highest BCUT2D eigenvalue weighted by Crippen LogP contribution is 2.37. The highest BCUT2D eigenvalue weighted by molar-refractivity contribution is 5.91. The van der Waals surface area contributed by atoms with Crippen LogP contribution in [0.3, 0.4) is 0 Å². The average molecular weight is 354 g/mol. The lowest BCUT2D eigenvalue weighted by Crippen LogP contribution is -2.29. The first-order chi connectivity index (χ1) is 12.5. The Morgan fingerprint density at radius 2 is 2.00 bits per heavy atom. The molecule has 0 atom stereocenters. The molecule has 0 aliphatic carbocycles. The van der Waals surface area contributed by atoms with Gasteiger partial charge in [0.15, 0.2) is 11.5 Å². The molecule has 0 fully saturated rings. The number of hydrogen-bond donors (Lipinski definition) is 1. The molecule has 1 amide bonds. The van der Waals surface area contributed by atoms with Crippen LogP contribution < -0.4 is 19.7 Å². The van der Waals surface area contributed by atoms with E-state index in [1.807, 2.05) is 18.2 Å². The third-order valence-corrected chi connectivity index (χ3v) is 4.92. The van der Waals surface area contributed by atoms with Crippen molar-refractivity contribution in [3.8, 4) is 11.5 Å². The molecule has 0 radical (unpaired) electrons. The zero-order valence-corrected chi connectivity index (χ0v) is 15.9. The van der Waals surface area contributed by atoms with Gasteiger partial charge in [-0.05, 0) is 54.7 Å². The lowest BCUT2D eigenvalue weighted by atomic mass is 9.98. The minimum atomic E-state index is -0.0359. The Morgan fingerprint density at radius 1 is 1.19 bits per heavy atom. The third kappa shape index (κ3) is 3.47. The first-order valence-electron chi connectivity index (χ1n) is 8.90. The number of anilines is 2. The van der Waals surface area contributed by atoms with E-state index in [0.717, 1.165) is 48.7 Å². The molecule has 0 bridgehead atoms. The second-order valence-electron chi connectivity index (χ2n) is 6.59. The first-order valence-corrected chi connectivity index (χ1v) is 8.90. The van der Waals surface area contributed by atoms with E-state index < -0.39 is 0 Å². The van der Waals surface area contributed by atoms with E-state index in [1.54, 1.807) is 21.1 Å². The van der Waals surface area contributed by atoms with Gasteiger partial charge in [0.2, 0.25) is 5.91 Å². The van der Waals surface area contributed by atoms with Crippen molar-refractivity contribution in [1.29, 1.82) is 0 Å². The molecule has 138 valence electrons. The minimum absolute atomic E-state index is 0.0359. The molecular weight excluding hydrogens is 328 g/mol. The third-order valence-electron chi connectivity index (χ3n) is 4.92. The Hall–Kier alpha value is -2.69. The van der Waals surface area contributed by atoms with Crippen molar-refractivity contribution in [1.82, 2.24) is 0 Å². The number of nitrogens with zero attached hydrogens (tertiary/aromatic N) is 1. The zero-order chi connectivity index (χ0) is 18.7. The van der Waals surface area contributed by atoms with E-state index >= 15 is 0 Å². The maximum absolute atomic E-state index is 11.5. The summed E-state index contributed by atoms with van der Waals surface area (Å²) in [6, 6.07) is 10.2. The van der Waals surface area contributed by atoms with Crippen LogP contribution in [0.5, 0.6) is 11.5 Å². The van der Waals surface area contributed by atoms with Crippen LogP contribution in [-0.4, -0.2) is 26.7 Å². The van der Waals surface area contributed by atoms with Gasteiger partial charge >= 0.3 is 0 Å². The Labute approximate surface area is 154 Å². The molecule has 1 aliphatic heterocycles. The number of fused-ring (bicyclic) bond motifs is 1. The lowest BCUT2D eigenvalue weighted by molar-refractivity contribution is -0.114. The van der Waals surface area contributed by atoms with Gasteiger partial charge in [0.05, 0.1) is 14.2 Å². The molecule has 3 rings (SSSR count). The summed E-state index contributed by atoms with van der Waals surface area (Å²) < 4.78 is 10.9. The minimum Gasteiger partial charge on any atom is -0.493 e. The molecule has 0 saturated carbocycles. The van der Waals surface area contributed by atoms with E-state index in [4.69, 9.17) is 9.47 Å². The van der Waals surface area contributed by atoms with Crippen LogP contribution >= 0.6 is 0 Å². The number of nitrogens with one attached hydrogen (secondary N) is 1. The molecule has 1 heterocycles. The second-order valence-corrected chi connectivity index (χ2v) is 6.59. The van der Waals surface area contributed by atoms with Gasteiger partial charge in [-0.2, -0.15) is 0 Å². The number of rotatable bonds is 5. The van der Waals surface area contributed by atoms with E-state index in [0.29, 0.717) is 0 Å². The van der Waals surface area contributed by atoms with E-state index in [-0.39, 0.29) is 5.91 Å². The predicted molar refractivity (Wildman–Crippen MR) is 104 cm³/mol. The molecule has 0 spiro atoms. The molecule has 1 N–H and O–H groups in total. The largest absolute Gasteiger partial charge is 0.493 e. The van der Waals surface area contributed by atoms with Crippen molar-refractivity contribution in [2.45, 2.75) is 33.2 Å². The van der Waals surface area contributed by atoms with Crippen molar-refractivity contribution in [2.24, 2.45) is 0 Å². The molecule has 1 aliphatic rings. The van der Waals surface area contributed by atoms with Crippen molar-refractivity contribution in [2.75, 3.05) is 31.0 Å². The highest BCUT2D eigenvalue weighted by Gasteiger charge is 2.21. The number of benzene rings is 2. The molecule has 0 unspecified atom stereocenters. The van der Waals surface area contributed by atoms with Crippen LogP contribution in [-0.2, 0) is 17.8 Å². The summed E-state index contributed by atoms with van der Waals surface area (Å²) in [5.74, 6) is 1.50. The van der Waals surface area contributed by atoms with Crippen LogP contribution in [0.2, 0.25) is 0 Å². The molecule has 5 heteroatoms. The summed E-state index contributed by atoms with van der Waals surface area (Å²) in [5, 5.41) is 2.96. The monoisotopic (exact) mass is 354 g/mol. The van der Waals surface area contributed by atoms with Crippen molar-refractivity contribution >= 4 is 17.3 Å². The Bertz CT molecular complexity index is 817. The summed E-state index contributed by atoms with van der Waals surface area (Å²) >= 11 is 0. The average Bonchev–Trinajstić information content (AvgIpc) is 2.63. The molecule has 2 aromatic carbocycles. The van der Waals surface area contributed by atoms with Gasteiger partial charge in [0.25, 0.3) is 0 Å². The van der Waals surface area contributed by atoms with Crippen molar-refractivity contribution < 1.29 is 14.3 Å². The smallest absolute Gasteiger partial charge is 0.221 e.